The molecule has 108 valence electrons. The topological polar surface area (TPSA) is 62.1 Å². The van der Waals surface area contributed by atoms with E-state index in [1.807, 2.05) is 0 Å². The lowest BCUT2D eigenvalue weighted by Crippen LogP contribution is -2.21. The number of nitrogens with zero attached hydrogens (tertiary/aromatic N) is 4. The molecule has 0 radical (unpaired) electrons. The average molecular weight is 297 g/mol. The first-order valence-corrected chi connectivity index (χ1v) is 7.28. The van der Waals surface area contributed by atoms with E-state index in [1.165, 1.54) is 6.33 Å². The molecule has 3 heterocycles. The number of methoxy groups -OCH3 is 1. The SMILES string of the molecule is COc1ncnc2c1nc(CCCl)n2C1CCOCC1. The standard InChI is InChI=1S/C13H17ClN4O2/c1-19-13-11-12(15-8-16-13)18(10(17-11)2-5-14)9-3-6-20-7-4-9/h8-9H,2-7H2,1H3. The molecule has 0 bridgehead atoms. The lowest BCUT2D eigenvalue weighted by atomic mass is 10.1. The largest absolute Gasteiger partial charge is 0.479 e. The average Bonchev–Trinajstić information content (AvgIpc) is 2.86. The fourth-order valence-electron chi connectivity index (χ4n) is 2.67. The maximum Gasteiger partial charge on any atom is 0.245 e. The van der Waals surface area contributed by atoms with Crippen LogP contribution in [0.4, 0.5) is 0 Å². The number of halogens is 1. The molecular weight excluding hydrogens is 280 g/mol. The van der Waals surface area contributed by atoms with E-state index < -0.39 is 0 Å². The Morgan fingerprint density at radius 1 is 1.40 bits per heavy atom. The number of rotatable bonds is 4. The zero-order valence-corrected chi connectivity index (χ0v) is 12.1. The van der Waals surface area contributed by atoms with Gasteiger partial charge in [-0.25, -0.2) is 9.97 Å². The van der Waals surface area contributed by atoms with E-state index in [1.54, 1.807) is 7.11 Å². The highest BCUT2D eigenvalue weighted by atomic mass is 35.5. The van der Waals surface area contributed by atoms with Crippen molar-refractivity contribution >= 4 is 22.8 Å². The lowest BCUT2D eigenvalue weighted by Gasteiger charge is -2.25. The van der Waals surface area contributed by atoms with Crippen LogP contribution in [0, 0.1) is 0 Å². The van der Waals surface area contributed by atoms with Crippen LogP contribution in [0.15, 0.2) is 6.33 Å². The van der Waals surface area contributed by atoms with E-state index in [4.69, 9.17) is 21.1 Å². The van der Waals surface area contributed by atoms with Gasteiger partial charge in [0, 0.05) is 31.6 Å². The minimum Gasteiger partial charge on any atom is -0.479 e. The Balaban J connectivity index is 2.13. The summed E-state index contributed by atoms with van der Waals surface area (Å²) in [5.74, 6) is 1.99. The molecule has 1 aliphatic rings. The minimum atomic E-state index is 0.353. The highest BCUT2D eigenvalue weighted by Gasteiger charge is 2.24. The molecule has 0 amide bonds. The van der Waals surface area contributed by atoms with Crippen molar-refractivity contribution < 1.29 is 9.47 Å². The summed E-state index contributed by atoms with van der Waals surface area (Å²) in [5, 5.41) is 0. The van der Waals surface area contributed by atoms with Crippen molar-refractivity contribution in [3.8, 4) is 5.88 Å². The normalized spacial score (nSPS) is 16.7. The highest BCUT2D eigenvalue weighted by molar-refractivity contribution is 6.17. The van der Waals surface area contributed by atoms with Gasteiger partial charge in [0.05, 0.1) is 7.11 Å². The van der Waals surface area contributed by atoms with Gasteiger partial charge in [-0.15, -0.1) is 11.6 Å². The molecule has 0 unspecified atom stereocenters. The van der Waals surface area contributed by atoms with Crippen LogP contribution >= 0.6 is 11.6 Å². The molecule has 7 heteroatoms. The van der Waals surface area contributed by atoms with E-state index in [0.717, 1.165) is 37.5 Å². The Labute approximate surface area is 122 Å². The maximum absolute atomic E-state index is 5.90. The van der Waals surface area contributed by atoms with Gasteiger partial charge in [-0.2, -0.15) is 4.98 Å². The zero-order valence-electron chi connectivity index (χ0n) is 11.4. The Kier molecular flexibility index (Phi) is 4.03. The number of hydrogen-bond donors (Lipinski definition) is 0. The van der Waals surface area contributed by atoms with Crippen LogP contribution in [0.3, 0.4) is 0 Å². The van der Waals surface area contributed by atoms with Gasteiger partial charge < -0.3 is 14.0 Å². The fourth-order valence-corrected chi connectivity index (χ4v) is 2.84. The van der Waals surface area contributed by atoms with Crippen molar-refractivity contribution in [3.63, 3.8) is 0 Å². The molecule has 0 saturated carbocycles. The third-order valence-electron chi connectivity index (χ3n) is 3.58. The number of alkyl halides is 1. The van der Waals surface area contributed by atoms with Crippen molar-refractivity contribution in [3.05, 3.63) is 12.2 Å². The van der Waals surface area contributed by atoms with E-state index in [-0.39, 0.29) is 0 Å². The van der Waals surface area contributed by atoms with Gasteiger partial charge in [-0.05, 0) is 12.8 Å². The van der Waals surface area contributed by atoms with Crippen molar-refractivity contribution in [2.24, 2.45) is 0 Å². The second-order valence-electron chi connectivity index (χ2n) is 4.74. The molecule has 6 nitrogen and oxygen atoms in total. The quantitative estimate of drug-likeness (QED) is 0.807. The van der Waals surface area contributed by atoms with E-state index in [9.17, 15) is 0 Å². The van der Waals surface area contributed by atoms with Crippen LogP contribution in [-0.4, -0.2) is 45.7 Å². The first-order valence-electron chi connectivity index (χ1n) is 6.74. The summed E-state index contributed by atoms with van der Waals surface area (Å²) in [4.78, 5) is 13.1. The predicted octanol–water partition coefficient (Wildman–Crippen LogP) is 1.97. The smallest absolute Gasteiger partial charge is 0.245 e. The van der Waals surface area contributed by atoms with E-state index in [0.29, 0.717) is 29.7 Å². The van der Waals surface area contributed by atoms with E-state index >= 15 is 0 Å². The number of imidazole rings is 1. The number of aromatic nitrogens is 4. The van der Waals surface area contributed by atoms with Gasteiger partial charge in [-0.1, -0.05) is 0 Å². The lowest BCUT2D eigenvalue weighted by molar-refractivity contribution is 0.0698. The summed E-state index contributed by atoms with van der Waals surface area (Å²) >= 11 is 5.90. The van der Waals surface area contributed by atoms with Gasteiger partial charge in [0.25, 0.3) is 0 Å². The molecular formula is C13H17ClN4O2. The van der Waals surface area contributed by atoms with Gasteiger partial charge in [0.2, 0.25) is 5.88 Å². The number of hydrogen-bond acceptors (Lipinski definition) is 5. The molecule has 0 aromatic carbocycles. The van der Waals surface area contributed by atoms with Crippen LogP contribution in [0.25, 0.3) is 11.2 Å². The van der Waals surface area contributed by atoms with Crippen LogP contribution in [0.1, 0.15) is 24.7 Å². The second kappa shape index (κ2) is 5.93. The molecule has 0 spiro atoms. The molecule has 0 aliphatic carbocycles. The summed E-state index contributed by atoms with van der Waals surface area (Å²) in [7, 11) is 1.59. The molecule has 0 N–H and O–H groups in total. The first-order chi connectivity index (χ1) is 9.85. The van der Waals surface area contributed by atoms with E-state index in [2.05, 4.69) is 19.5 Å². The number of ether oxygens (including phenoxy) is 2. The second-order valence-corrected chi connectivity index (χ2v) is 5.11. The Bertz CT molecular complexity index is 595. The van der Waals surface area contributed by atoms with Crippen molar-refractivity contribution in [1.29, 1.82) is 0 Å². The number of aryl methyl sites for hydroxylation is 1. The molecule has 3 rings (SSSR count). The summed E-state index contributed by atoms with van der Waals surface area (Å²) in [6.07, 6.45) is 4.15. The Morgan fingerprint density at radius 3 is 2.90 bits per heavy atom. The van der Waals surface area contributed by atoms with Gasteiger partial charge in [0.1, 0.15) is 12.2 Å². The first kappa shape index (κ1) is 13.6. The molecule has 1 aliphatic heterocycles. The molecule has 0 atom stereocenters. The van der Waals surface area contributed by atoms with Crippen molar-refractivity contribution in [2.45, 2.75) is 25.3 Å². The maximum atomic E-state index is 5.90. The van der Waals surface area contributed by atoms with Gasteiger partial charge >= 0.3 is 0 Å². The molecule has 1 saturated heterocycles. The summed E-state index contributed by atoms with van der Waals surface area (Å²) in [5.41, 5.74) is 1.53. The summed E-state index contributed by atoms with van der Waals surface area (Å²) in [6.45, 7) is 1.54. The predicted molar refractivity (Wildman–Crippen MR) is 75.4 cm³/mol. The zero-order chi connectivity index (χ0) is 13.9. The minimum absolute atomic E-state index is 0.353. The van der Waals surface area contributed by atoms with Gasteiger partial charge in [-0.3, -0.25) is 0 Å². The van der Waals surface area contributed by atoms with Gasteiger partial charge in [0.15, 0.2) is 11.2 Å². The van der Waals surface area contributed by atoms with Crippen molar-refractivity contribution in [2.75, 3.05) is 26.2 Å². The summed E-state index contributed by atoms with van der Waals surface area (Å²) in [6, 6.07) is 0.353. The Morgan fingerprint density at radius 2 is 2.20 bits per heavy atom. The fraction of sp³-hybridized carbons (Fsp3) is 0.615. The third kappa shape index (κ3) is 2.33. The molecule has 1 fully saturated rings. The molecule has 2 aromatic heterocycles. The van der Waals surface area contributed by atoms with Crippen LogP contribution < -0.4 is 4.74 Å². The monoisotopic (exact) mass is 296 g/mol. The van der Waals surface area contributed by atoms with Crippen molar-refractivity contribution in [1.82, 2.24) is 19.5 Å². The van der Waals surface area contributed by atoms with Crippen LogP contribution in [0.5, 0.6) is 5.88 Å². The van der Waals surface area contributed by atoms with Crippen LogP contribution in [-0.2, 0) is 11.2 Å². The highest BCUT2D eigenvalue weighted by Crippen LogP contribution is 2.30. The van der Waals surface area contributed by atoms with Crippen LogP contribution in [0.2, 0.25) is 0 Å². The number of fused-ring (bicyclic) bond motifs is 1. The molecule has 20 heavy (non-hydrogen) atoms. The third-order valence-corrected chi connectivity index (χ3v) is 3.77. The summed E-state index contributed by atoms with van der Waals surface area (Å²) < 4.78 is 12.9. The Hall–Kier alpha value is -1.40. The molecule has 2 aromatic rings.